The van der Waals surface area contributed by atoms with Gasteiger partial charge >= 0.3 is 0 Å². The molecule has 0 aliphatic carbocycles. The Morgan fingerprint density at radius 2 is 2.12 bits per heavy atom. The van der Waals surface area contributed by atoms with Crippen LogP contribution < -0.4 is 10.1 Å². The van der Waals surface area contributed by atoms with Crippen molar-refractivity contribution in [3.8, 4) is 5.75 Å². The van der Waals surface area contributed by atoms with E-state index in [4.69, 9.17) is 4.74 Å². The summed E-state index contributed by atoms with van der Waals surface area (Å²) in [5, 5.41) is 2.95. The molecule has 1 rings (SSSR count). The summed E-state index contributed by atoms with van der Waals surface area (Å²) in [7, 11) is 1.58. The van der Waals surface area contributed by atoms with Crippen molar-refractivity contribution < 1.29 is 9.53 Å². The number of rotatable bonds is 5. The molecule has 1 atom stereocenters. The van der Waals surface area contributed by atoms with E-state index in [1.807, 2.05) is 32.0 Å². The summed E-state index contributed by atoms with van der Waals surface area (Å²) in [5.41, 5.74) is 1.76. The van der Waals surface area contributed by atoms with Crippen LogP contribution in [-0.4, -0.2) is 19.1 Å². The first-order chi connectivity index (χ1) is 8.12. The van der Waals surface area contributed by atoms with Crippen LogP contribution in [0.3, 0.4) is 0 Å². The number of amides is 1. The highest BCUT2D eigenvalue weighted by molar-refractivity contribution is 5.97. The molecule has 0 bridgehead atoms. The topological polar surface area (TPSA) is 38.3 Å². The molecule has 0 spiro atoms. The van der Waals surface area contributed by atoms with Crippen molar-refractivity contribution >= 4 is 5.91 Å². The third-order valence-electron chi connectivity index (χ3n) is 2.91. The second kappa shape index (κ2) is 6.28. The fraction of sp³-hybridized carbons (Fsp3) is 0.500. The third kappa shape index (κ3) is 3.48. The van der Waals surface area contributed by atoms with E-state index in [-0.39, 0.29) is 11.9 Å². The van der Waals surface area contributed by atoms with Crippen molar-refractivity contribution in [2.75, 3.05) is 7.11 Å². The van der Waals surface area contributed by atoms with Crippen molar-refractivity contribution in [3.05, 3.63) is 29.3 Å². The van der Waals surface area contributed by atoms with Crippen LogP contribution in [0.2, 0.25) is 0 Å². The predicted octanol–water partition coefficient (Wildman–Crippen LogP) is 2.79. The van der Waals surface area contributed by atoms with E-state index in [2.05, 4.69) is 12.2 Å². The zero-order valence-corrected chi connectivity index (χ0v) is 11.0. The first kappa shape index (κ1) is 13.6. The number of aryl methyl sites for hydroxylation is 1. The molecule has 1 unspecified atom stereocenters. The number of carbonyl (C=O) groups excluding carboxylic acids is 1. The van der Waals surface area contributed by atoms with Gasteiger partial charge in [0, 0.05) is 6.04 Å². The monoisotopic (exact) mass is 235 g/mol. The molecule has 17 heavy (non-hydrogen) atoms. The predicted molar refractivity (Wildman–Crippen MR) is 69.6 cm³/mol. The largest absolute Gasteiger partial charge is 0.496 e. The summed E-state index contributed by atoms with van der Waals surface area (Å²) in [6.45, 7) is 6.11. The lowest BCUT2D eigenvalue weighted by molar-refractivity contribution is 0.0936. The van der Waals surface area contributed by atoms with E-state index in [1.54, 1.807) is 7.11 Å². The zero-order chi connectivity index (χ0) is 12.8. The zero-order valence-electron chi connectivity index (χ0n) is 11.0. The van der Waals surface area contributed by atoms with Gasteiger partial charge in [0.25, 0.3) is 5.91 Å². The summed E-state index contributed by atoms with van der Waals surface area (Å²) >= 11 is 0. The van der Waals surface area contributed by atoms with Crippen molar-refractivity contribution in [1.29, 1.82) is 0 Å². The van der Waals surface area contributed by atoms with Gasteiger partial charge in [-0.3, -0.25) is 4.79 Å². The Morgan fingerprint density at radius 3 is 2.65 bits per heavy atom. The van der Waals surface area contributed by atoms with Crippen LogP contribution in [0.15, 0.2) is 18.2 Å². The number of benzene rings is 1. The van der Waals surface area contributed by atoms with Crippen LogP contribution in [0.1, 0.15) is 43.1 Å². The van der Waals surface area contributed by atoms with E-state index in [0.29, 0.717) is 11.3 Å². The van der Waals surface area contributed by atoms with Gasteiger partial charge in [-0.25, -0.2) is 0 Å². The van der Waals surface area contributed by atoms with Crippen molar-refractivity contribution in [1.82, 2.24) is 5.32 Å². The van der Waals surface area contributed by atoms with E-state index < -0.39 is 0 Å². The molecule has 0 radical (unpaired) electrons. The van der Waals surface area contributed by atoms with Crippen LogP contribution >= 0.6 is 0 Å². The lowest BCUT2D eigenvalue weighted by atomic mass is 10.1. The van der Waals surface area contributed by atoms with Crippen LogP contribution in [0.5, 0.6) is 5.75 Å². The Morgan fingerprint density at radius 1 is 1.41 bits per heavy atom. The molecule has 94 valence electrons. The van der Waals surface area contributed by atoms with E-state index >= 15 is 0 Å². The number of carbonyl (C=O) groups is 1. The summed E-state index contributed by atoms with van der Waals surface area (Å²) in [6.07, 6.45) is 1.83. The second-order valence-corrected chi connectivity index (χ2v) is 4.17. The minimum absolute atomic E-state index is 0.0634. The number of hydrogen-bond donors (Lipinski definition) is 1. The van der Waals surface area contributed by atoms with Gasteiger partial charge in [-0.15, -0.1) is 0 Å². The van der Waals surface area contributed by atoms with Crippen LogP contribution in [-0.2, 0) is 6.42 Å². The SMILES string of the molecule is CCc1ccc(OC)c(C(=O)NC(C)CC)c1. The smallest absolute Gasteiger partial charge is 0.255 e. The Bertz CT molecular complexity index is 388. The molecule has 1 aromatic carbocycles. The van der Waals surface area contributed by atoms with Gasteiger partial charge in [0.1, 0.15) is 5.75 Å². The molecule has 0 saturated heterocycles. The quantitative estimate of drug-likeness (QED) is 0.852. The van der Waals surface area contributed by atoms with Crippen LogP contribution in [0, 0.1) is 0 Å². The highest BCUT2D eigenvalue weighted by Gasteiger charge is 2.14. The van der Waals surface area contributed by atoms with Gasteiger partial charge in [0.05, 0.1) is 12.7 Å². The van der Waals surface area contributed by atoms with Gasteiger partial charge in [-0.05, 0) is 37.5 Å². The molecule has 0 saturated carbocycles. The number of hydrogen-bond acceptors (Lipinski definition) is 2. The fourth-order valence-corrected chi connectivity index (χ4v) is 1.56. The molecule has 3 heteroatoms. The average Bonchev–Trinajstić information content (AvgIpc) is 2.37. The summed E-state index contributed by atoms with van der Waals surface area (Å²) in [6, 6.07) is 5.91. The Balaban J connectivity index is 2.97. The first-order valence-electron chi connectivity index (χ1n) is 6.10. The van der Waals surface area contributed by atoms with Gasteiger partial charge in [0.15, 0.2) is 0 Å². The molecule has 1 aromatic rings. The van der Waals surface area contributed by atoms with Crippen LogP contribution in [0.4, 0.5) is 0 Å². The lowest BCUT2D eigenvalue weighted by Crippen LogP contribution is -2.32. The number of nitrogens with one attached hydrogen (secondary N) is 1. The Labute approximate surface area is 103 Å². The summed E-state index contributed by atoms with van der Waals surface area (Å²) < 4.78 is 5.22. The highest BCUT2D eigenvalue weighted by atomic mass is 16.5. The van der Waals surface area contributed by atoms with E-state index in [1.165, 1.54) is 0 Å². The molecule has 0 fully saturated rings. The van der Waals surface area contributed by atoms with Crippen molar-refractivity contribution in [2.45, 2.75) is 39.7 Å². The van der Waals surface area contributed by atoms with Gasteiger partial charge in [-0.1, -0.05) is 19.9 Å². The average molecular weight is 235 g/mol. The maximum atomic E-state index is 12.1. The van der Waals surface area contributed by atoms with Crippen molar-refractivity contribution in [3.63, 3.8) is 0 Å². The second-order valence-electron chi connectivity index (χ2n) is 4.17. The van der Waals surface area contributed by atoms with Gasteiger partial charge < -0.3 is 10.1 Å². The standard InChI is InChI=1S/C14H21NO2/c1-5-10(3)15-14(16)12-9-11(6-2)7-8-13(12)17-4/h7-10H,5-6H2,1-4H3,(H,15,16). The normalized spacial score (nSPS) is 12.0. The molecule has 3 nitrogen and oxygen atoms in total. The minimum Gasteiger partial charge on any atom is -0.496 e. The molecule has 1 amide bonds. The third-order valence-corrected chi connectivity index (χ3v) is 2.91. The van der Waals surface area contributed by atoms with Crippen molar-refractivity contribution in [2.24, 2.45) is 0 Å². The van der Waals surface area contributed by atoms with Crippen LogP contribution in [0.25, 0.3) is 0 Å². The Hall–Kier alpha value is -1.51. The fourth-order valence-electron chi connectivity index (χ4n) is 1.56. The molecule has 0 aromatic heterocycles. The maximum absolute atomic E-state index is 12.1. The number of ether oxygens (including phenoxy) is 1. The van der Waals surface area contributed by atoms with Gasteiger partial charge in [-0.2, -0.15) is 0 Å². The highest BCUT2D eigenvalue weighted by Crippen LogP contribution is 2.20. The molecule has 0 heterocycles. The first-order valence-corrected chi connectivity index (χ1v) is 6.10. The minimum atomic E-state index is -0.0634. The maximum Gasteiger partial charge on any atom is 0.255 e. The molecule has 1 N–H and O–H groups in total. The van der Waals surface area contributed by atoms with E-state index in [0.717, 1.165) is 18.4 Å². The van der Waals surface area contributed by atoms with E-state index in [9.17, 15) is 4.79 Å². The van der Waals surface area contributed by atoms with Gasteiger partial charge in [0.2, 0.25) is 0 Å². The molecule has 0 aliphatic rings. The summed E-state index contributed by atoms with van der Waals surface area (Å²) in [4.78, 5) is 12.1. The summed E-state index contributed by atoms with van der Waals surface area (Å²) in [5.74, 6) is 0.564. The molecular formula is C14H21NO2. The number of methoxy groups -OCH3 is 1. The lowest BCUT2D eigenvalue weighted by Gasteiger charge is -2.14. The molecule has 0 aliphatic heterocycles. The Kier molecular flexibility index (Phi) is 5.01. The molecular weight excluding hydrogens is 214 g/mol.